The van der Waals surface area contributed by atoms with E-state index in [4.69, 9.17) is 9.15 Å². The lowest BCUT2D eigenvalue weighted by molar-refractivity contribution is 0.412. The molecule has 0 spiro atoms. The van der Waals surface area contributed by atoms with E-state index in [1.807, 2.05) is 38.2 Å². The smallest absolute Gasteiger partial charge is 0.128 e. The number of aryl methyl sites for hydroxylation is 1. The van der Waals surface area contributed by atoms with Crippen LogP contribution in [0.3, 0.4) is 0 Å². The normalized spacial score (nSPS) is 12.4. The van der Waals surface area contributed by atoms with Crippen molar-refractivity contribution >= 4 is 0 Å². The van der Waals surface area contributed by atoms with Gasteiger partial charge in [-0.15, -0.1) is 0 Å². The Morgan fingerprint density at radius 2 is 2.12 bits per heavy atom. The van der Waals surface area contributed by atoms with Gasteiger partial charge in [-0.25, -0.2) is 0 Å². The summed E-state index contributed by atoms with van der Waals surface area (Å²) in [6.45, 7) is 2.04. The monoisotopic (exact) mass is 231 g/mol. The Bertz CT molecular complexity index is 490. The molecule has 90 valence electrons. The summed E-state index contributed by atoms with van der Waals surface area (Å²) in [5, 5.41) is 3.26. The van der Waals surface area contributed by atoms with Crippen LogP contribution >= 0.6 is 0 Å². The van der Waals surface area contributed by atoms with Gasteiger partial charge in [0.2, 0.25) is 0 Å². The minimum atomic E-state index is 0.0556. The Hall–Kier alpha value is -1.74. The maximum Gasteiger partial charge on any atom is 0.128 e. The third kappa shape index (κ3) is 2.34. The number of hydrogen-bond donors (Lipinski definition) is 1. The van der Waals surface area contributed by atoms with Crippen LogP contribution in [0.1, 0.15) is 22.9 Å². The van der Waals surface area contributed by atoms with Crippen molar-refractivity contribution in [2.45, 2.75) is 13.0 Å². The molecular formula is C14H17NO2. The van der Waals surface area contributed by atoms with Crippen LogP contribution in [0.4, 0.5) is 0 Å². The van der Waals surface area contributed by atoms with E-state index in [1.54, 1.807) is 13.4 Å². The molecular weight excluding hydrogens is 214 g/mol. The van der Waals surface area contributed by atoms with Gasteiger partial charge in [-0.05, 0) is 43.3 Å². The minimum Gasteiger partial charge on any atom is -0.497 e. The second-order valence-corrected chi connectivity index (χ2v) is 3.97. The highest BCUT2D eigenvalue weighted by Gasteiger charge is 2.17. The Labute approximate surface area is 101 Å². The largest absolute Gasteiger partial charge is 0.497 e. The lowest BCUT2D eigenvalue weighted by Crippen LogP contribution is -2.17. The predicted octanol–water partition coefficient (Wildman–Crippen LogP) is 2.91. The SMILES string of the molecule is CNC(c1cccc(OC)c1)c1occc1C. The van der Waals surface area contributed by atoms with Crippen LogP contribution in [0, 0.1) is 6.92 Å². The number of nitrogens with one attached hydrogen (secondary N) is 1. The van der Waals surface area contributed by atoms with Crippen molar-refractivity contribution in [2.75, 3.05) is 14.2 Å². The van der Waals surface area contributed by atoms with Gasteiger partial charge in [0.15, 0.2) is 0 Å². The van der Waals surface area contributed by atoms with Crippen LogP contribution < -0.4 is 10.1 Å². The van der Waals surface area contributed by atoms with Gasteiger partial charge in [0.05, 0.1) is 19.4 Å². The molecule has 1 aromatic carbocycles. The average Bonchev–Trinajstić information content (AvgIpc) is 2.77. The van der Waals surface area contributed by atoms with Crippen LogP contribution in [0.15, 0.2) is 41.0 Å². The van der Waals surface area contributed by atoms with Gasteiger partial charge in [0.25, 0.3) is 0 Å². The third-order valence-corrected chi connectivity index (χ3v) is 2.88. The van der Waals surface area contributed by atoms with Gasteiger partial charge >= 0.3 is 0 Å². The maximum atomic E-state index is 5.54. The molecule has 1 N–H and O–H groups in total. The van der Waals surface area contributed by atoms with Crippen molar-refractivity contribution in [1.82, 2.24) is 5.32 Å². The lowest BCUT2D eigenvalue weighted by Gasteiger charge is -2.16. The fourth-order valence-corrected chi connectivity index (χ4v) is 1.95. The fourth-order valence-electron chi connectivity index (χ4n) is 1.95. The summed E-state index contributed by atoms with van der Waals surface area (Å²) in [6.07, 6.45) is 1.72. The van der Waals surface area contributed by atoms with Crippen LogP contribution in [0.25, 0.3) is 0 Å². The van der Waals surface area contributed by atoms with Crippen molar-refractivity contribution < 1.29 is 9.15 Å². The summed E-state index contributed by atoms with van der Waals surface area (Å²) < 4.78 is 10.8. The number of benzene rings is 1. The number of methoxy groups -OCH3 is 1. The summed E-state index contributed by atoms with van der Waals surface area (Å²) in [5.41, 5.74) is 2.28. The molecule has 17 heavy (non-hydrogen) atoms. The zero-order valence-corrected chi connectivity index (χ0v) is 10.4. The first-order valence-corrected chi connectivity index (χ1v) is 5.61. The van der Waals surface area contributed by atoms with E-state index in [1.165, 1.54) is 0 Å². The van der Waals surface area contributed by atoms with Crippen LogP contribution in [0.2, 0.25) is 0 Å². The summed E-state index contributed by atoms with van der Waals surface area (Å²) in [7, 11) is 3.59. The van der Waals surface area contributed by atoms with E-state index in [0.717, 1.165) is 22.6 Å². The molecule has 1 unspecified atom stereocenters. The predicted molar refractivity (Wildman–Crippen MR) is 67.3 cm³/mol. The number of ether oxygens (including phenoxy) is 1. The summed E-state index contributed by atoms with van der Waals surface area (Å²) in [6, 6.07) is 10.0. The Morgan fingerprint density at radius 1 is 1.29 bits per heavy atom. The molecule has 0 bridgehead atoms. The molecule has 0 aliphatic heterocycles. The molecule has 3 heteroatoms. The Balaban J connectivity index is 2.38. The van der Waals surface area contributed by atoms with Gasteiger partial charge in [-0.1, -0.05) is 12.1 Å². The summed E-state index contributed by atoms with van der Waals surface area (Å²) in [5.74, 6) is 1.80. The Morgan fingerprint density at radius 3 is 2.71 bits per heavy atom. The second-order valence-electron chi connectivity index (χ2n) is 3.97. The maximum absolute atomic E-state index is 5.54. The zero-order chi connectivity index (χ0) is 12.3. The zero-order valence-electron chi connectivity index (χ0n) is 10.4. The van der Waals surface area contributed by atoms with Gasteiger partial charge < -0.3 is 14.5 Å². The van der Waals surface area contributed by atoms with Gasteiger partial charge in [0.1, 0.15) is 11.5 Å². The molecule has 0 aliphatic carbocycles. The van der Waals surface area contributed by atoms with Crippen LogP contribution in [-0.4, -0.2) is 14.2 Å². The topological polar surface area (TPSA) is 34.4 Å². The molecule has 0 amide bonds. The van der Waals surface area contributed by atoms with Crippen molar-refractivity contribution in [3.05, 3.63) is 53.5 Å². The first kappa shape index (κ1) is 11.7. The van der Waals surface area contributed by atoms with E-state index in [2.05, 4.69) is 11.4 Å². The third-order valence-electron chi connectivity index (χ3n) is 2.88. The molecule has 3 nitrogen and oxygen atoms in total. The second kappa shape index (κ2) is 5.06. The van der Waals surface area contributed by atoms with Crippen molar-refractivity contribution in [3.8, 4) is 5.75 Å². The highest BCUT2D eigenvalue weighted by atomic mass is 16.5. The molecule has 0 saturated carbocycles. The fraction of sp³-hybridized carbons (Fsp3) is 0.286. The molecule has 1 aromatic heterocycles. The van der Waals surface area contributed by atoms with E-state index in [9.17, 15) is 0 Å². The van der Waals surface area contributed by atoms with Crippen molar-refractivity contribution in [1.29, 1.82) is 0 Å². The summed E-state index contributed by atoms with van der Waals surface area (Å²) in [4.78, 5) is 0. The van der Waals surface area contributed by atoms with Crippen molar-refractivity contribution in [3.63, 3.8) is 0 Å². The average molecular weight is 231 g/mol. The molecule has 0 aliphatic rings. The van der Waals surface area contributed by atoms with Gasteiger partial charge in [-0.2, -0.15) is 0 Å². The van der Waals surface area contributed by atoms with E-state index in [0.29, 0.717) is 0 Å². The number of hydrogen-bond acceptors (Lipinski definition) is 3. The highest BCUT2D eigenvalue weighted by Crippen LogP contribution is 2.27. The molecule has 2 rings (SSSR count). The first-order chi connectivity index (χ1) is 8.26. The molecule has 0 saturated heterocycles. The first-order valence-electron chi connectivity index (χ1n) is 5.61. The number of furan rings is 1. The van der Waals surface area contributed by atoms with Gasteiger partial charge in [-0.3, -0.25) is 0 Å². The lowest BCUT2D eigenvalue weighted by atomic mass is 10.0. The van der Waals surface area contributed by atoms with Crippen molar-refractivity contribution in [2.24, 2.45) is 0 Å². The minimum absolute atomic E-state index is 0.0556. The standard InChI is InChI=1S/C14H17NO2/c1-10-7-8-17-14(10)13(15-2)11-5-4-6-12(9-11)16-3/h4-9,13,15H,1-3H3. The molecule has 0 radical (unpaired) electrons. The highest BCUT2D eigenvalue weighted by molar-refractivity contribution is 5.35. The molecule has 1 heterocycles. The molecule has 0 fully saturated rings. The van der Waals surface area contributed by atoms with E-state index in [-0.39, 0.29) is 6.04 Å². The molecule has 1 atom stereocenters. The van der Waals surface area contributed by atoms with Crippen LogP contribution in [-0.2, 0) is 0 Å². The van der Waals surface area contributed by atoms with E-state index < -0.39 is 0 Å². The number of rotatable bonds is 4. The quantitative estimate of drug-likeness (QED) is 0.878. The van der Waals surface area contributed by atoms with Crippen LogP contribution in [0.5, 0.6) is 5.75 Å². The van der Waals surface area contributed by atoms with Gasteiger partial charge in [0, 0.05) is 0 Å². The summed E-state index contributed by atoms with van der Waals surface area (Å²) >= 11 is 0. The Kier molecular flexibility index (Phi) is 3.49. The van der Waals surface area contributed by atoms with E-state index >= 15 is 0 Å². The molecule has 2 aromatic rings.